The van der Waals surface area contributed by atoms with Crippen LogP contribution in [0.25, 0.3) is 0 Å². The molecule has 0 spiro atoms. The summed E-state index contributed by atoms with van der Waals surface area (Å²) in [4.78, 5) is 26.7. The Morgan fingerprint density at radius 2 is 1.03 bits per heavy atom. The summed E-state index contributed by atoms with van der Waals surface area (Å²) in [5.74, 6) is -0.994. The number of carbonyl (C=O) groups is 2. The predicted molar refractivity (Wildman–Crippen MR) is 121 cm³/mol. The Morgan fingerprint density at radius 3 is 1.41 bits per heavy atom. The third-order valence-corrected chi connectivity index (χ3v) is 5.84. The highest BCUT2D eigenvalue weighted by molar-refractivity contribution is 6.31. The average molecular weight is 443 g/mol. The zero-order valence-corrected chi connectivity index (χ0v) is 17.9. The molecule has 0 atom stereocenters. The normalized spacial score (nSPS) is 12.8. The molecule has 0 saturated carbocycles. The lowest BCUT2D eigenvalue weighted by Crippen LogP contribution is -2.25. The molecule has 0 aliphatic heterocycles. The molecule has 0 bridgehead atoms. The van der Waals surface area contributed by atoms with Crippen LogP contribution in [0.3, 0.4) is 0 Å². The van der Waals surface area contributed by atoms with E-state index in [0.29, 0.717) is 59.6 Å². The fraction of sp³-hybridized carbons (Fsp3) is 0.417. The molecule has 6 N–H and O–H groups in total. The van der Waals surface area contributed by atoms with Crippen molar-refractivity contribution in [3.63, 3.8) is 0 Å². The Bertz CT molecular complexity index is 880. The molecule has 0 amide bonds. The van der Waals surface area contributed by atoms with Gasteiger partial charge in [-0.1, -0.05) is 24.3 Å². The lowest BCUT2D eigenvalue weighted by atomic mass is 9.82. The molecule has 0 heterocycles. The number of nitrogens with one attached hydrogen (secondary N) is 2. The van der Waals surface area contributed by atoms with Crippen LogP contribution in [-0.2, 0) is 0 Å². The molecule has 2 aromatic carbocycles. The number of anilines is 2. The van der Waals surface area contributed by atoms with Crippen molar-refractivity contribution in [1.82, 2.24) is 0 Å². The molecule has 2 aromatic rings. The van der Waals surface area contributed by atoms with Crippen molar-refractivity contribution in [2.24, 2.45) is 11.8 Å². The third-order valence-electron chi connectivity index (χ3n) is 5.84. The van der Waals surface area contributed by atoms with Gasteiger partial charge in [0.25, 0.3) is 0 Å². The van der Waals surface area contributed by atoms with Gasteiger partial charge in [-0.25, -0.2) is 0 Å². The summed E-state index contributed by atoms with van der Waals surface area (Å²) in [7, 11) is 0. The van der Waals surface area contributed by atoms with Gasteiger partial charge >= 0.3 is 0 Å². The van der Waals surface area contributed by atoms with Gasteiger partial charge < -0.3 is 31.1 Å². The molecule has 0 fully saturated rings. The molecular weight excluding hydrogens is 412 g/mol. The van der Waals surface area contributed by atoms with Crippen LogP contribution in [0.1, 0.15) is 44.7 Å². The van der Waals surface area contributed by atoms with Crippen molar-refractivity contribution in [1.29, 1.82) is 0 Å². The summed E-state index contributed by atoms with van der Waals surface area (Å²) in [6, 6.07) is 10.2. The molecule has 0 unspecified atom stereocenters. The van der Waals surface area contributed by atoms with Crippen LogP contribution in [-0.4, -0.2) is 71.5 Å². The highest BCUT2D eigenvalue weighted by atomic mass is 16.3. The molecular formula is C24H30N2O6. The predicted octanol–water partition coefficient (Wildman–Crippen LogP) is 1.27. The number of benzene rings is 2. The standard InChI is InChI=1S/C24H30N2O6/c27-11-15(12-28)7-9-25-19-5-1-3-17-21(19)24(32)22-18(23(17)31)4-2-6-20(22)26-10-8-16(13-29)14-30/h1-6,15-16,25-30H,7-14H2. The van der Waals surface area contributed by atoms with Gasteiger partial charge in [-0.2, -0.15) is 0 Å². The maximum atomic E-state index is 13.5. The Morgan fingerprint density at radius 1 is 0.625 bits per heavy atom. The number of fused-ring (bicyclic) bond motifs is 2. The smallest absolute Gasteiger partial charge is 0.198 e. The Labute approximate surface area is 186 Å². The number of aliphatic hydroxyl groups excluding tert-OH is 4. The summed E-state index contributed by atoms with van der Waals surface area (Å²) in [5.41, 5.74) is 2.38. The van der Waals surface area contributed by atoms with Gasteiger partial charge in [0, 0.05) is 73.9 Å². The first-order valence-electron chi connectivity index (χ1n) is 10.8. The lowest BCUT2D eigenvalue weighted by molar-refractivity contribution is 0.0980. The number of carbonyl (C=O) groups excluding carboxylic acids is 2. The van der Waals surface area contributed by atoms with E-state index in [-0.39, 0.29) is 49.8 Å². The Hall–Kier alpha value is -2.78. The molecule has 0 aromatic heterocycles. The lowest BCUT2D eigenvalue weighted by Gasteiger charge is -2.24. The van der Waals surface area contributed by atoms with Gasteiger partial charge in [-0.05, 0) is 25.0 Å². The fourth-order valence-corrected chi connectivity index (χ4v) is 3.84. The molecule has 8 nitrogen and oxygen atoms in total. The first-order chi connectivity index (χ1) is 15.5. The second kappa shape index (κ2) is 11.2. The highest BCUT2D eigenvalue weighted by Gasteiger charge is 2.33. The number of hydrogen-bond donors (Lipinski definition) is 6. The second-order valence-electron chi connectivity index (χ2n) is 8.01. The summed E-state index contributed by atoms with van der Waals surface area (Å²) < 4.78 is 0. The van der Waals surface area contributed by atoms with E-state index >= 15 is 0 Å². The van der Waals surface area contributed by atoms with Crippen molar-refractivity contribution < 1.29 is 30.0 Å². The molecule has 0 radical (unpaired) electrons. The second-order valence-corrected chi connectivity index (χ2v) is 8.01. The van der Waals surface area contributed by atoms with E-state index in [9.17, 15) is 30.0 Å². The third kappa shape index (κ3) is 4.99. The van der Waals surface area contributed by atoms with Crippen molar-refractivity contribution in [2.45, 2.75) is 12.8 Å². The number of hydrogen-bond acceptors (Lipinski definition) is 8. The average Bonchev–Trinajstić information content (AvgIpc) is 2.82. The minimum Gasteiger partial charge on any atom is -0.396 e. The number of aliphatic hydroxyl groups is 4. The Balaban J connectivity index is 1.86. The van der Waals surface area contributed by atoms with Crippen LogP contribution >= 0.6 is 0 Å². The van der Waals surface area contributed by atoms with Gasteiger partial charge in [-0.15, -0.1) is 0 Å². The molecule has 1 aliphatic rings. The summed E-state index contributed by atoms with van der Waals surface area (Å²) in [6.45, 7) is 0.355. The summed E-state index contributed by atoms with van der Waals surface area (Å²) in [5, 5.41) is 43.3. The summed E-state index contributed by atoms with van der Waals surface area (Å²) in [6.07, 6.45) is 1.03. The van der Waals surface area contributed by atoms with E-state index in [2.05, 4.69) is 10.6 Å². The molecule has 172 valence electrons. The van der Waals surface area contributed by atoms with E-state index in [4.69, 9.17) is 0 Å². The highest BCUT2D eigenvalue weighted by Crippen LogP contribution is 2.35. The van der Waals surface area contributed by atoms with Gasteiger partial charge in [0.1, 0.15) is 0 Å². The SMILES string of the molecule is O=C1c2cccc(NCCC(CO)CO)c2C(=O)c2c(NCCC(CO)CO)cccc21. The van der Waals surface area contributed by atoms with Crippen molar-refractivity contribution in [2.75, 3.05) is 50.2 Å². The maximum absolute atomic E-state index is 13.5. The largest absolute Gasteiger partial charge is 0.396 e. The number of ketones is 2. The first kappa shape index (κ1) is 23.9. The van der Waals surface area contributed by atoms with Crippen molar-refractivity contribution in [3.05, 3.63) is 58.7 Å². The van der Waals surface area contributed by atoms with E-state index in [1.165, 1.54) is 0 Å². The molecule has 1 aliphatic carbocycles. The molecule has 8 heteroatoms. The van der Waals surface area contributed by atoms with Gasteiger partial charge in [0.2, 0.25) is 0 Å². The van der Waals surface area contributed by atoms with Crippen molar-refractivity contribution >= 4 is 22.9 Å². The van der Waals surface area contributed by atoms with Crippen LogP contribution < -0.4 is 10.6 Å². The van der Waals surface area contributed by atoms with Crippen LogP contribution in [0.15, 0.2) is 36.4 Å². The topological polar surface area (TPSA) is 139 Å². The van der Waals surface area contributed by atoms with Gasteiger partial charge in [0.15, 0.2) is 11.6 Å². The van der Waals surface area contributed by atoms with Crippen LogP contribution in [0.2, 0.25) is 0 Å². The quantitative estimate of drug-likeness (QED) is 0.247. The van der Waals surface area contributed by atoms with E-state index in [1.54, 1.807) is 36.4 Å². The van der Waals surface area contributed by atoms with Crippen LogP contribution in [0.5, 0.6) is 0 Å². The number of rotatable bonds is 12. The maximum Gasteiger partial charge on any atom is 0.198 e. The van der Waals surface area contributed by atoms with E-state index in [0.717, 1.165) is 0 Å². The zero-order valence-electron chi connectivity index (χ0n) is 17.9. The summed E-state index contributed by atoms with van der Waals surface area (Å²) >= 11 is 0. The van der Waals surface area contributed by atoms with Gasteiger partial charge in [-0.3, -0.25) is 9.59 Å². The minimum atomic E-state index is -0.262. The first-order valence-corrected chi connectivity index (χ1v) is 10.8. The van der Waals surface area contributed by atoms with E-state index in [1.807, 2.05) is 0 Å². The monoisotopic (exact) mass is 442 g/mol. The fourth-order valence-electron chi connectivity index (χ4n) is 3.84. The van der Waals surface area contributed by atoms with Crippen molar-refractivity contribution in [3.8, 4) is 0 Å². The van der Waals surface area contributed by atoms with Gasteiger partial charge in [0.05, 0.1) is 11.1 Å². The zero-order chi connectivity index (χ0) is 23.1. The molecule has 3 rings (SSSR count). The van der Waals surface area contributed by atoms with Crippen LogP contribution in [0.4, 0.5) is 11.4 Å². The van der Waals surface area contributed by atoms with E-state index < -0.39 is 0 Å². The minimum absolute atomic E-state index is 0.127. The molecule has 0 saturated heterocycles. The molecule has 32 heavy (non-hydrogen) atoms. The van der Waals surface area contributed by atoms with Crippen LogP contribution in [0, 0.1) is 11.8 Å². The Kier molecular flexibility index (Phi) is 8.35.